The summed E-state index contributed by atoms with van der Waals surface area (Å²) in [6.45, 7) is 2.60. The second kappa shape index (κ2) is 5.66. The number of allylic oxidation sites excluding steroid dienone is 1. The number of hydroxylamine groups is 1. The smallest absolute Gasteiger partial charge is 0.0388 e. The first-order valence-electron chi connectivity index (χ1n) is 2.43. The minimum atomic E-state index is 0.549. The van der Waals surface area contributed by atoms with E-state index in [1.165, 1.54) is 0 Å². The van der Waals surface area contributed by atoms with E-state index in [2.05, 4.69) is 0 Å². The maximum atomic E-state index is 7.99. The molecule has 0 saturated heterocycles. The van der Waals surface area contributed by atoms with E-state index in [1.54, 1.807) is 0 Å². The molecule has 0 rings (SSSR count). The van der Waals surface area contributed by atoms with Crippen molar-refractivity contribution in [1.29, 1.82) is 0 Å². The largest absolute Gasteiger partial charge is 0.317 e. The first-order valence-corrected chi connectivity index (χ1v) is 2.43. The molecule has 0 fully saturated rings. The lowest BCUT2D eigenvalue weighted by Gasteiger charge is -1.83. The van der Waals surface area contributed by atoms with Crippen LogP contribution in [0.5, 0.6) is 0 Å². The van der Waals surface area contributed by atoms with Crippen LogP contribution in [0.25, 0.3) is 0 Å². The van der Waals surface area contributed by atoms with Gasteiger partial charge >= 0.3 is 0 Å². The lowest BCUT2D eigenvalue weighted by Crippen LogP contribution is -2.04. The second-order valence-corrected chi connectivity index (χ2v) is 1.24. The van der Waals surface area contributed by atoms with Gasteiger partial charge in [-0.3, -0.25) is 0 Å². The highest BCUT2D eigenvalue weighted by Crippen LogP contribution is 1.75. The van der Waals surface area contributed by atoms with Crippen molar-refractivity contribution in [2.45, 2.75) is 13.3 Å². The Bertz CT molecular complexity index is 52.0. The molecule has 0 spiro atoms. The average Bonchev–Trinajstić information content (AvgIpc) is 1.69. The summed E-state index contributed by atoms with van der Waals surface area (Å²) in [5.41, 5.74) is 2.02. The van der Waals surface area contributed by atoms with Gasteiger partial charge in [0.25, 0.3) is 0 Å². The molecule has 0 atom stereocenters. The maximum Gasteiger partial charge on any atom is 0.0388 e. The van der Waals surface area contributed by atoms with Gasteiger partial charge in [-0.1, -0.05) is 19.1 Å². The van der Waals surface area contributed by atoms with Crippen molar-refractivity contribution in [3.05, 3.63) is 12.2 Å². The van der Waals surface area contributed by atoms with Crippen LogP contribution in [-0.4, -0.2) is 11.8 Å². The molecular weight excluding hydrogens is 90.1 g/mol. The van der Waals surface area contributed by atoms with Crippen LogP contribution in [0.15, 0.2) is 12.2 Å². The van der Waals surface area contributed by atoms with Crippen molar-refractivity contribution in [2.24, 2.45) is 0 Å². The molecule has 0 bridgehead atoms. The van der Waals surface area contributed by atoms with Crippen molar-refractivity contribution in [3.8, 4) is 0 Å². The molecule has 0 aromatic heterocycles. The third kappa shape index (κ3) is 5.66. The Morgan fingerprint density at radius 2 is 2.29 bits per heavy atom. The van der Waals surface area contributed by atoms with E-state index >= 15 is 0 Å². The lowest BCUT2D eigenvalue weighted by molar-refractivity contribution is 0.179. The fourth-order valence-electron chi connectivity index (χ4n) is 0.303. The number of hydrogen-bond acceptors (Lipinski definition) is 2. The molecule has 0 aliphatic carbocycles. The van der Waals surface area contributed by atoms with Crippen molar-refractivity contribution >= 4 is 0 Å². The summed E-state index contributed by atoms with van der Waals surface area (Å²) in [5, 5.41) is 7.99. The molecule has 2 nitrogen and oxygen atoms in total. The van der Waals surface area contributed by atoms with Crippen molar-refractivity contribution in [3.63, 3.8) is 0 Å². The Morgan fingerprint density at radius 1 is 1.57 bits per heavy atom. The maximum absolute atomic E-state index is 7.99. The zero-order chi connectivity index (χ0) is 5.54. The zero-order valence-electron chi connectivity index (χ0n) is 4.52. The zero-order valence-corrected chi connectivity index (χ0v) is 4.52. The van der Waals surface area contributed by atoms with Gasteiger partial charge in [0.2, 0.25) is 0 Å². The molecular formula is C5H11NO. The van der Waals surface area contributed by atoms with E-state index in [-0.39, 0.29) is 0 Å². The lowest BCUT2D eigenvalue weighted by atomic mass is 10.4. The van der Waals surface area contributed by atoms with Crippen LogP contribution >= 0.6 is 0 Å². The first kappa shape index (κ1) is 6.66. The molecule has 7 heavy (non-hydrogen) atoms. The molecule has 0 saturated carbocycles. The molecule has 0 radical (unpaired) electrons. The van der Waals surface area contributed by atoms with Gasteiger partial charge in [-0.25, -0.2) is 5.48 Å². The van der Waals surface area contributed by atoms with Crippen LogP contribution in [0, 0.1) is 0 Å². The number of nitrogens with one attached hydrogen (secondary N) is 1. The van der Waals surface area contributed by atoms with Gasteiger partial charge in [0.15, 0.2) is 0 Å². The van der Waals surface area contributed by atoms with Crippen LogP contribution in [-0.2, 0) is 0 Å². The molecule has 0 aromatic rings. The van der Waals surface area contributed by atoms with Gasteiger partial charge in [-0.05, 0) is 6.42 Å². The second-order valence-electron chi connectivity index (χ2n) is 1.24. The van der Waals surface area contributed by atoms with Gasteiger partial charge in [-0.15, -0.1) is 0 Å². The fourth-order valence-corrected chi connectivity index (χ4v) is 0.303. The molecule has 0 aliphatic heterocycles. The van der Waals surface area contributed by atoms with E-state index in [0.29, 0.717) is 6.54 Å². The Labute approximate surface area is 43.8 Å². The normalized spacial score (nSPS) is 10.6. The quantitative estimate of drug-likeness (QED) is 0.409. The molecule has 0 unspecified atom stereocenters. The molecule has 0 amide bonds. The fraction of sp³-hybridized carbons (Fsp3) is 0.600. The van der Waals surface area contributed by atoms with E-state index < -0.39 is 0 Å². The highest BCUT2D eigenvalue weighted by atomic mass is 16.5. The van der Waals surface area contributed by atoms with Gasteiger partial charge in [0.1, 0.15) is 0 Å². The Balaban J connectivity index is 2.78. The molecule has 0 heterocycles. The molecule has 0 aromatic carbocycles. The van der Waals surface area contributed by atoms with Gasteiger partial charge in [-0.2, -0.15) is 0 Å². The Hall–Kier alpha value is -0.340. The monoisotopic (exact) mass is 101 g/mol. The summed E-state index contributed by atoms with van der Waals surface area (Å²) in [6.07, 6.45) is 4.89. The van der Waals surface area contributed by atoms with Crippen molar-refractivity contribution in [2.75, 3.05) is 6.54 Å². The highest BCUT2D eigenvalue weighted by Gasteiger charge is 1.66. The molecule has 2 heteroatoms. The average molecular weight is 101 g/mol. The van der Waals surface area contributed by atoms with E-state index in [9.17, 15) is 0 Å². The summed E-state index contributed by atoms with van der Waals surface area (Å²) >= 11 is 0. The minimum Gasteiger partial charge on any atom is -0.317 e. The standard InChI is InChI=1S/C5H11NO/c1-2-3-4-5-6-7/h3-4,6-7H,2,5H2,1H3/b4-3-. The molecule has 2 N–H and O–H groups in total. The highest BCUT2D eigenvalue weighted by molar-refractivity contribution is 4.80. The third-order valence-corrected chi connectivity index (χ3v) is 0.612. The number of hydrogen-bond donors (Lipinski definition) is 2. The third-order valence-electron chi connectivity index (χ3n) is 0.612. The molecule has 0 aliphatic rings. The van der Waals surface area contributed by atoms with E-state index in [4.69, 9.17) is 5.21 Å². The predicted octanol–water partition coefficient (Wildman–Crippen LogP) is 0.931. The van der Waals surface area contributed by atoms with Crippen molar-refractivity contribution < 1.29 is 5.21 Å². The van der Waals surface area contributed by atoms with E-state index in [0.717, 1.165) is 6.42 Å². The van der Waals surface area contributed by atoms with Gasteiger partial charge in [0.05, 0.1) is 0 Å². The van der Waals surface area contributed by atoms with Crippen LogP contribution in [0.2, 0.25) is 0 Å². The summed E-state index contributed by atoms with van der Waals surface area (Å²) in [4.78, 5) is 0. The van der Waals surface area contributed by atoms with Crippen LogP contribution in [0.4, 0.5) is 0 Å². The topological polar surface area (TPSA) is 32.3 Å². The van der Waals surface area contributed by atoms with Crippen LogP contribution in [0.1, 0.15) is 13.3 Å². The van der Waals surface area contributed by atoms with Crippen LogP contribution in [0.3, 0.4) is 0 Å². The summed E-state index contributed by atoms with van der Waals surface area (Å²) < 4.78 is 0. The summed E-state index contributed by atoms with van der Waals surface area (Å²) in [5.74, 6) is 0. The van der Waals surface area contributed by atoms with Crippen LogP contribution < -0.4 is 5.48 Å². The minimum absolute atomic E-state index is 0.549. The summed E-state index contributed by atoms with van der Waals surface area (Å²) in [7, 11) is 0. The molecule has 42 valence electrons. The van der Waals surface area contributed by atoms with Gasteiger partial charge in [0, 0.05) is 6.54 Å². The predicted molar refractivity (Wildman–Crippen MR) is 29.2 cm³/mol. The Kier molecular flexibility index (Phi) is 5.39. The first-order chi connectivity index (χ1) is 3.41. The SMILES string of the molecule is CC/C=C\CNO. The Morgan fingerprint density at radius 3 is 2.71 bits per heavy atom. The number of rotatable bonds is 3. The van der Waals surface area contributed by atoms with E-state index in [1.807, 2.05) is 24.6 Å². The van der Waals surface area contributed by atoms with Gasteiger partial charge < -0.3 is 5.21 Å². The van der Waals surface area contributed by atoms with Crippen molar-refractivity contribution in [1.82, 2.24) is 5.48 Å². The summed E-state index contributed by atoms with van der Waals surface area (Å²) in [6, 6.07) is 0.